The van der Waals surface area contributed by atoms with Gasteiger partial charge in [-0.2, -0.15) is 5.10 Å². The zero-order valence-corrected chi connectivity index (χ0v) is 21.7. The van der Waals surface area contributed by atoms with E-state index in [0.29, 0.717) is 22.7 Å². The highest BCUT2D eigenvalue weighted by Gasteiger charge is 2.30. The second-order valence-corrected chi connectivity index (χ2v) is 9.72. The maximum absolute atomic E-state index is 13.6. The number of amides is 2. The van der Waals surface area contributed by atoms with E-state index in [-0.39, 0.29) is 22.2 Å². The Morgan fingerprint density at radius 2 is 1.59 bits per heavy atom. The van der Waals surface area contributed by atoms with Gasteiger partial charge in [-0.05, 0) is 48.9 Å². The highest BCUT2D eigenvalue weighted by Crippen LogP contribution is 2.35. The molecule has 0 fully saturated rings. The van der Waals surface area contributed by atoms with Crippen LogP contribution < -0.4 is 24.5 Å². The van der Waals surface area contributed by atoms with Crippen LogP contribution in [0.1, 0.15) is 19.4 Å². The van der Waals surface area contributed by atoms with Crippen LogP contribution in [0, 0.1) is 0 Å². The summed E-state index contributed by atoms with van der Waals surface area (Å²) in [6, 6.07) is 19.3. The molecule has 2 amide bonds. The van der Waals surface area contributed by atoms with Crippen molar-refractivity contribution in [2.24, 2.45) is 5.10 Å². The summed E-state index contributed by atoms with van der Waals surface area (Å²) in [6.45, 7) is 2.54. The number of nitrogens with one attached hydrogen (secondary N) is 2. The van der Waals surface area contributed by atoms with Crippen LogP contribution in [0.25, 0.3) is 0 Å². The molecule has 0 aliphatic rings. The van der Waals surface area contributed by atoms with E-state index in [4.69, 9.17) is 9.47 Å². The standard InChI is InChI=1S/C26H28N4O6S/c1-18(20-10-12-21(13-11-20)27-19(2)31)28-29-26(32)17-30(37(33,34)23-8-6-5-7-9-23)24-16-22(35-3)14-15-25(24)36-4/h5-16H,17H2,1-4H3,(H,27,31)(H,29,32)/b28-18-. The van der Waals surface area contributed by atoms with Crippen LogP contribution in [0.4, 0.5) is 11.4 Å². The van der Waals surface area contributed by atoms with Crippen molar-refractivity contribution in [2.75, 3.05) is 30.4 Å². The first-order valence-corrected chi connectivity index (χ1v) is 12.6. The number of anilines is 2. The molecule has 0 spiro atoms. The van der Waals surface area contributed by atoms with Crippen LogP contribution in [-0.2, 0) is 19.6 Å². The monoisotopic (exact) mass is 524 g/mol. The molecule has 0 aliphatic carbocycles. The molecule has 0 aliphatic heterocycles. The van der Waals surface area contributed by atoms with E-state index < -0.39 is 22.5 Å². The van der Waals surface area contributed by atoms with Crippen molar-refractivity contribution in [2.45, 2.75) is 18.7 Å². The largest absolute Gasteiger partial charge is 0.497 e. The number of hydrazone groups is 1. The van der Waals surface area contributed by atoms with E-state index in [0.717, 1.165) is 4.31 Å². The van der Waals surface area contributed by atoms with Gasteiger partial charge in [0.15, 0.2) is 0 Å². The summed E-state index contributed by atoms with van der Waals surface area (Å²) in [5, 5.41) is 6.79. The molecule has 2 N–H and O–H groups in total. The topological polar surface area (TPSA) is 126 Å². The Kier molecular flexibility index (Phi) is 8.86. The number of methoxy groups -OCH3 is 2. The van der Waals surface area contributed by atoms with Crippen LogP contribution in [0.15, 0.2) is 82.8 Å². The Hall–Kier alpha value is -4.38. The highest BCUT2D eigenvalue weighted by molar-refractivity contribution is 7.92. The van der Waals surface area contributed by atoms with Gasteiger partial charge in [0, 0.05) is 18.7 Å². The lowest BCUT2D eigenvalue weighted by molar-refractivity contribution is -0.119. The van der Waals surface area contributed by atoms with Gasteiger partial charge in [-0.25, -0.2) is 13.8 Å². The van der Waals surface area contributed by atoms with Crippen molar-refractivity contribution in [3.8, 4) is 11.5 Å². The van der Waals surface area contributed by atoms with Gasteiger partial charge in [0.1, 0.15) is 18.0 Å². The summed E-state index contributed by atoms with van der Waals surface area (Å²) in [7, 11) is -1.30. The van der Waals surface area contributed by atoms with Crippen LogP contribution >= 0.6 is 0 Å². The second-order valence-electron chi connectivity index (χ2n) is 7.85. The number of hydrogen-bond acceptors (Lipinski definition) is 7. The molecular formula is C26H28N4O6S. The van der Waals surface area contributed by atoms with Gasteiger partial charge in [-0.3, -0.25) is 13.9 Å². The zero-order valence-electron chi connectivity index (χ0n) is 20.9. The molecule has 194 valence electrons. The van der Waals surface area contributed by atoms with Gasteiger partial charge in [-0.15, -0.1) is 0 Å². The summed E-state index contributed by atoms with van der Waals surface area (Å²) in [6.07, 6.45) is 0. The number of carbonyl (C=O) groups is 2. The minimum absolute atomic E-state index is 0.00612. The highest BCUT2D eigenvalue weighted by atomic mass is 32.2. The Labute approximate surface area is 216 Å². The number of carbonyl (C=O) groups excluding carboxylic acids is 2. The SMILES string of the molecule is COc1ccc(OC)c(N(CC(=O)N/N=C(/C)c2ccc(NC(C)=O)cc2)S(=O)(=O)c2ccccc2)c1. The van der Waals surface area contributed by atoms with E-state index in [1.165, 1.54) is 39.3 Å². The smallest absolute Gasteiger partial charge is 0.264 e. The second kappa shape index (κ2) is 12.0. The minimum atomic E-state index is -4.16. The molecular weight excluding hydrogens is 496 g/mol. The molecule has 3 aromatic rings. The molecule has 3 aromatic carbocycles. The molecule has 0 unspecified atom stereocenters. The van der Waals surface area contributed by atoms with E-state index in [2.05, 4.69) is 15.8 Å². The van der Waals surface area contributed by atoms with Gasteiger partial charge in [0.2, 0.25) is 5.91 Å². The number of nitrogens with zero attached hydrogens (tertiary/aromatic N) is 2. The number of benzene rings is 3. The van der Waals surface area contributed by atoms with Crippen molar-refractivity contribution >= 4 is 38.9 Å². The molecule has 0 saturated carbocycles. The van der Waals surface area contributed by atoms with Crippen molar-refractivity contribution in [1.82, 2.24) is 5.43 Å². The average Bonchev–Trinajstić information content (AvgIpc) is 2.90. The van der Waals surface area contributed by atoms with E-state index in [1.54, 1.807) is 61.5 Å². The molecule has 10 nitrogen and oxygen atoms in total. The minimum Gasteiger partial charge on any atom is -0.497 e. The van der Waals surface area contributed by atoms with Crippen LogP contribution in [0.3, 0.4) is 0 Å². The Bertz CT molecular complexity index is 1390. The van der Waals surface area contributed by atoms with Crippen LogP contribution in [0.5, 0.6) is 11.5 Å². The first-order valence-electron chi connectivity index (χ1n) is 11.2. The predicted octanol–water partition coefficient (Wildman–Crippen LogP) is 3.40. The zero-order chi connectivity index (χ0) is 27.0. The van der Waals surface area contributed by atoms with E-state index in [9.17, 15) is 18.0 Å². The Morgan fingerprint density at radius 1 is 0.919 bits per heavy atom. The molecule has 37 heavy (non-hydrogen) atoms. The van der Waals surface area contributed by atoms with E-state index >= 15 is 0 Å². The average molecular weight is 525 g/mol. The lowest BCUT2D eigenvalue weighted by Gasteiger charge is -2.25. The van der Waals surface area contributed by atoms with Crippen molar-refractivity contribution in [1.29, 1.82) is 0 Å². The number of ether oxygens (including phenoxy) is 2. The van der Waals surface area contributed by atoms with Crippen LogP contribution in [0.2, 0.25) is 0 Å². The third kappa shape index (κ3) is 6.85. The fourth-order valence-electron chi connectivity index (χ4n) is 3.39. The Balaban J connectivity index is 1.89. The fourth-order valence-corrected chi connectivity index (χ4v) is 4.83. The molecule has 0 atom stereocenters. The van der Waals surface area contributed by atoms with Crippen molar-refractivity contribution in [3.63, 3.8) is 0 Å². The van der Waals surface area contributed by atoms with Gasteiger partial charge >= 0.3 is 0 Å². The third-order valence-electron chi connectivity index (χ3n) is 5.24. The molecule has 11 heteroatoms. The maximum atomic E-state index is 13.6. The van der Waals surface area contributed by atoms with Gasteiger partial charge < -0.3 is 14.8 Å². The van der Waals surface area contributed by atoms with E-state index in [1.807, 2.05) is 0 Å². The third-order valence-corrected chi connectivity index (χ3v) is 7.02. The summed E-state index contributed by atoms with van der Waals surface area (Å²) >= 11 is 0. The summed E-state index contributed by atoms with van der Waals surface area (Å²) in [5.74, 6) is -0.222. The number of sulfonamides is 1. The Morgan fingerprint density at radius 3 is 2.19 bits per heavy atom. The molecule has 0 saturated heterocycles. The molecule has 0 radical (unpaired) electrons. The summed E-state index contributed by atoms with van der Waals surface area (Å²) in [4.78, 5) is 24.1. The quantitative estimate of drug-likeness (QED) is 0.309. The molecule has 0 aromatic heterocycles. The molecule has 0 heterocycles. The number of rotatable bonds is 10. The lowest BCUT2D eigenvalue weighted by atomic mass is 10.1. The summed E-state index contributed by atoms with van der Waals surface area (Å²) in [5.41, 5.74) is 4.37. The van der Waals surface area contributed by atoms with Crippen molar-refractivity contribution in [3.05, 3.63) is 78.4 Å². The maximum Gasteiger partial charge on any atom is 0.264 e. The normalized spacial score (nSPS) is 11.4. The van der Waals surface area contributed by atoms with Crippen LogP contribution in [-0.4, -0.2) is 46.7 Å². The van der Waals surface area contributed by atoms with Gasteiger partial charge in [0.05, 0.1) is 30.5 Å². The first-order chi connectivity index (χ1) is 17.6. The lowest BCUT2D eigenvalue weighted by Crippen LogP contribution is -2.40. The summed E-state index contributed by atoms with van der Waals surface area (Å²) < 4.78 is 38.8. The molecule has 3 rings (SSSR count). The molecule has 0 bridgehead atoms. The fraction of sp³-hybridized carbons (Fsp3) is 0.192. The van der Waals surface area contributed by atoms with Gasteiger partial charge in [-0.1, -0.05) is 30.3 Å². The van der Waals surface area contributed by atoms with Crippen molar-refractivity contribution < 1.29 is 27.5 Å². The van der Waals surface area contributed by atoms with Gasteiger partial charge in [0.25, 0.3) is 15.9 Å². The predicted molar refractivity (Wildman–Crippen MR) is 142 cm³/mol. The first kappa shape index (κ1) is 27.2. The number of hydrogen-bond donors (Lipinski definition) is 2.